The Balaban J connectivity index is 2.00. The van der Waals surface area contributed by atoms with Crippen molar-refractivity contribution in [2.24, 2.45) is 0 Å². The molecule has 2 heterocycles. The van der Waals surface area contributed by atoms with E-state index in [-0.39, 0.29) is 0 Å². The van der Waals surface area contributed by atoms with Crippen LogP contribution < -0.4 is 10.6 Å². The van der Waals surface area contributed by atoms with E-state index in [2.05, 4.69) is 20.6 Å². The van der Waals surface area contributed by atoms with Crippen LogP contribution in [0.1, 0.15) is 24.1 Å². The molecule has 4 heteroatoms. The van der Waals surface area contributed by atoms with E-state index in [9.17, 15) is 0 Å². The summed E-state index contributed by atoms with van der Waals surface area (Å²) in [4.78, 5) is 8.71. The van der Waals surface area contributed by atoms with Crippen LogP contribution in [0.5, 0.6) is 0 Å². The van der Waals surface area contributed by atoms with Gasteiger partial charge in [0.05, 0.1) is 0 Å². The first kappa shape index (κ1) is 10.4. The maximum Gasteiger partial charge on any atom is 0.223 e. The van der Waals surface area contributed by atoms with Gasteiger partial charge in [0, 0.05) is 17.9 Å². The first-order chi connectivity index (χ1) is 7.25. The van der Waals surface area contributed by atoms with Crippen LogP contribution >= 0.6 is 0 Å². The maximum atomic E-state index is 4.42. The minimum Gasteiger partial charge on any atom is -0.351 e. The summed E-state index contributed by atoms with van der Waals surface area (Å²) >= 11 is 0. The fourth-order valence-corrected chi connectivity index (χ4v) is 1.75. The van der Waals surface area contributed by atoms with E-state index < -0.39 is 0 Å². The third-order valence-corrected chi connectivity index (χ3v) is 2.90. The molecule has 0 aliphatic carbocycles. The van der Waals surface area contributed by atoms with Crippen molar-refractivity contribution in [2.45, 2.75) is 32.7 Å². The molecule has 0 spiro atoms. The summed E-state index contributed by atoms with van der Waals surface area (Å²) in [5.41, 5.74) is 2.20. The Labute approximate surface area is 90.5 Å². The third-order valence-electron chi connectivity index (χ3n) is 2.90. The van der Waals surface area contributed by atoms with Crippen molar-refractivity contribution in [3.8, 4) is 0 Å². The van der Waals surface area contributed by atoms with Gasteiger partial charge in [-0.15, -0.1) is 0 Å². The van der Waals surface area contributed by atoms with Crippen molar-refractivity contribution in [3.63, 3.8) is 0 Å². The third kappa shape index (κ3) is 2.65. The highest BCUT2D eigenvalue weighted by Gasteiger charge is 2.13. The average molecular weight is 206 g/mol. The van der Waals surface area contributed by atoms with Gasteiger partial charge in [0.2, 0.25) is 5.95 Å². The standard InChI is InChI=1S/C11H18N4/c1-8-7-13-11(14-9(8)2)15-10-3-5-12-6-4-10/h7,10,12H,3-6H2,1-2H3,(H,13,14,15). The highest BCUT2D eigenvalue weighted by molar-refractivity contribution is 5.29. The molecule has 0 aromatic carbocycles. The molecule has 1 aliphatic rings. The summed E-state index contributed by atoms with van der Waals surface area (Å²) < 4.78 is 0. The lowest BCUT2D eigenvalue weighted by Gasteiger charge is -2.23. The van der Waals surface area contributed by atoms with Crippen molar-refractivity contribution in [1.82, 2.24) is 15.3 Å². The first-order valence-electron chi connectivity index (χ1n) is 5.53. The summed E-state index contributed by atoms with van der Waals surface area (Å²) in [5.74, 6) is 0.769. The summed E-state index contributed by atoms with van der Waals surface area (Å²) in [6, 6.07) is 0.522. The van der Waals surface area contributed by atoms with Gasteiger partial charge in [-0.2, -0.15) is 0 Å². The molecule has 1 aromatic rings. The Bertz CT molecular complexity index is 331. The molecule has 0 saturated carbocycles. The van der Waals surface area contributed by atoms with E-state index in [0.29, 0.717) is 6.04 Å². The molecule has 2 rings (SSSR count). The van der Waals surface area contributed by atoms with E-state index in [4.69, 9.17) is 0 Å². The van der Waals surface area contributed by atoms with Crippen molar-refractivity contribution < 1.29 is 0 Å². The zero-order valence-corrected chi connectivity index (χ0v) is 9.38. The van der Waals surface area contributed by atoms with Crippen LogP contribution in [0.25, 0.3) is 0 Å². The fourth-order valence-electron chi connectivity index (χ4n) is 1.75. The van der Waals surface area contributed by atoms with Gasteiger partial charge in [-0.05, 0) is 45.3 Å². The van der Waals surface area contributed by atoms with Crippen LogP contribution in [-0.4, -0.2) is 29.1 Å². The number of anilines is 1. The predicted octanol–water partition coefficient (Wildman–Crippen LogP) is 1.26. The van der Waals surface area contributed by atoms with Gasteiger partial charge in [-0.25, -0.2) is 9.97 Å². The summed E-state index contributed by atoms with van der Waals surface area (Å²) in [6.45, 7) is 6.22. The highest BCUT2D eigenvalue weighted by Crippen LogP contribution is 2.10. The number of aromatic nitrogens is 2. The quantitative estimate of drug-likeness (QED) is 0.765. The SMILES string of the molecule is Cc1cnc(NC2CCNCC2)nc1C. The molecule has 0 bridgehead atoms. The number of hydrogen-bond acceptors (Lipinski definition) is 4. The lowest BCUT2D eigenvalue weighted by Crippen LogP contribution is -2.35. The lowest BCUT2D eigenvalue weighted by atomic mass is 10.1. The zero-order chi connectivity index (χ0) is 10.7. The van der Waals surface area contributed by atoms with Crippen LogP contribution in [0.3, 0.4) is 0 Å². The number of piperidine rings is 1. The van der Waals surface area contributed by atoms with Crippen LogP contribution in [0.15, 0.2) is 6.20 Å². The van der Waals surface area contributed by atoms with Gasteiger partial charge in [0.15, 0.2) is 0 Å². The molecule has 4 nitrogen and oxygen atoms in total. The minimum atomic E-state index is 0.522. The van der Waals surface area contributed by atoms with Gasteiger partial charge in [0.1, 0.15) is 0 Å². The van der Waals surface area contributed by atoms with Crippen molar-refractivity contribution in [3.05, 3.63) is 17.5 Å². The Hall–Kier alpha value is -1.16. The Kier molecular flexibility index (Phi) is 3.16. The molecular weight excluding hydrogens is 188 g/mol. The molecule has 0 atom stereocenters. The summed E-state index contributed by atoms with van der Waals surface area (Å²) in [7, 11) is 0. The number of rotatable bonds is 2. The molecule has 1 fully saturated rings. The van der Waals surface area contributed by atoms with Gasteiger partial charge < -0.3 is 10.6 Å². The van der Waals surface area contributed by atoms with Crippen LogP contribution in [-0.2, 0) is 0 Å². The van der Waals surface area contributed by atoms with Gasteiger partial charge in [0.25, 0.3) is 0 Å². The molecule has 1 aliphatic heterocycles. The van der Waals surface area contributed by atoms with Gasteiger partial charge >= 0.3 is 0 Å². The highest BCUT2D eigenvalue weighted by atomic mass is 15.1. The van der Waals surface area contributed by atoms with Crippen LogP contribution in [0.2, 0.25) is 0 Å². The summed E-state index contributed by atoms with van der Waals surface area (Å²) in [5, 5.41) is 6.73. The monoisotopic (exact) mass is 206 g/mol. The second-order valence-electron chi connectivity index (χ2n) is 4.13. The molecule has 82 valence electrons. The number of aryl methyl sites for hydroxylation is 2. The Morgan fingerprint density at radius 1 is 1.33 bits per heavy atom. The van der Waals surface area contributed by atoms with Gasteiger partial charge in [-0.3, -0.25) is 0 Å². The number of nitrogens with one attached hydrogen (secondary N) is 2. The second-order valence-corrected chi connectivity index (χ2v) is 4.13. The average Bonchev–Trinajstić information content (AvgIpc) is 2.25. The normalized spacial score (nSPS) is 17.7. The molecule has 1 saturated heterocycles. The van der Waals surface area contributed by atoms with Crippen molar-refractivity contribution in [1.29, 1.82) is 0 Å². The van der Waals surface area contributed by atoms with Crippen LogP contribution in [0, 0.1) is 13.8 Å². The maximum absolute atomic E-state index is 4.42. The number of nitrogens with zero attached hydrogens (tertiary/aromatic N) is 2. The molecule has 1 aromatic heterocycles. The topological polar surface area (TPSA) is 49.8 Å². The molecule has 15 heavy (non-hydrogen) atoms. The largest absolute Gasteiger partial charge is 0.351 e. The van der Waals surface area contributed by atoms with Gasteiger partial charge in [-0.1, -0.05) is 0 Å². The number of hydrogen-bond donors (Lipinski definition) is 2. The van der Waals surface area contributed by atoms with E-state index in [0.717, 1.165) is 43.1 Å². The zero-order valence-electron chi connectivity index (χ0n) is 9.38. The van der Waals surface area contributed by atoms with Crippen molar-refractivity contribution >= 4 is 5.95 Å². The molecule has 0 amide bonds. The van der Waals surface area contributed by atoms with E-state index in [1.807, 2.05) is 20.0 Å². The second kappa shape index (κ2) is 4.57. The van der Waals surface area contributed by atoms with E-state index in [1.165, 1.54) is 0 Å². The smallest absolute Gasteiger partial charge is 0.223 e. The molecule has 0 radical (unpaired) electrons. The molecular formula is C11H18N4. The Morgan fingerprint density at radius 2 is 2.07 bits per heavy atom. The first-order valence-corrected chi connectivity index (χ1v) is 5.53. The molecule has 2 N–H and O–H groups in total. The lowest BCUT2D eigenvalue weighted by molar-refractivity contribution is 0.477. The molecule has 0 unspecified atom stereocenters. The Morgan fingerprint density at radius 3 is 2.73 bits per heavy atom. The van der Waals surface area contributed by atoms with E-state index in [1.54, 1.807) is 0 Å². The fraction of sp³-hybridized carbons (Fsp3) is 0.636. The van der Waals surface area contributed by atoms with Crippen molar-refractivity contribution in [2.75, 3.05) is 18.4 Å². The van der Waals surface area contributed by atoms with E-state index >= 15 is 0 Å². The predicted molar refractivity (Wildman–Crippen MR) is 61.0 cm³/mol. The minimum absolute atomic E-state index is 0.522. The van der Waals surface area contributed by atoms with Crippen LogP contribution in [0.4, 0.5) is 5.95 Å². The summed E-state index contributed by atoms with van der Waals surface area (Å²) in [6.07, 6.45) is 4.18.